The van der Waals surface area contributed by atoms with E-state index in [0.717, 1.165) is 18.9 Å². The van der Waals surface area contributed by atoms with Gasteiger partial charge in [-0.25, -0.2) is 8.78 Å². The van der Waals surface area contributed by atoms with Crippen LogP contribution in [0.3, 0.4) is 0 Å². The van der Waals surface area contributed by atoms with Gasteiger partial charge in [0.15, 0.2) is 0 Å². The van der Waals surface area contributed by atoms with Crippen LogP contribution in [-0.4, -0.2) is 5.16 Å². The van der Waals surface area contributed by atoms with Crippen LogP contribution < -0.4 is 0 Å². The second kappa shape index (κ2) is 5.18. The van der Waals surface area contributed by atoms with E-state index in [1.165, 1.54) is 0 Å². The first-order valence-corrected chi connectivity index (χ1v) is 6.64. The molecule has 18 heavy (non-hydrogen) atoms. The van der Waals surface area contributed by atoms with Gasteiger partial charge in [-0.2, -0.15) is 0 Å². The first-order chi connectivity index (χ1) is 8.60. The summed E-state index contributed by atoms with van der Waals surface area (Å²) in [5.41, 5.74) is 0.567. The predicted octanol–water partition coefficient (Wildman–Crippen LogP) is 4.80. The van der Waals surface area contributed by atoms with Crippen LogP contribution in [0, 0.1) is 0 Å². The fourth-order valence-corrected chi connectivity index (χ4v) is 2.33. The van der Waals surface area contributed by atoms with Crippen LogP contribution >= 0.6 is 15.9 Å². The van der Waals surface area contributed by atoms with Crippen molar-refractivity contribution in [2.75, 3.05) is 0 Å². The molecular weight excluding hydrogens is 304 g/mol. The van der Waals surface area contributed by atoms with Crippen molar-refractivity contribution in [3.05, 3.63) is 47.9 Å². The van der Waals surface area contributed by atoms with Crippen LogP contribution in [-0.2, 0) is 5.33 Å². The van der Waals surface area contributed by atoms with E-state index in [2.05, 4.69) is 34.2 Å². The maximum Gasteiger partial charge on any atom is 0.144 e. The zero-order chi connectivity index (χ0) is 13.3. The minimum absolute atomic E-state index is 0.165. The fraction of sp³-hybridized carbons (Fsp3) is 0.308. The van der Waals surface area contributed by atoms with Gasteiger partial charge < -0.3 is 4.52 Å². The molecule has 0 unspecified atom stereocenters. The third-order valence-corrected chi connectivity index (χ3v) is 3.39. The van der Waals surface area contributed by atoms with E-state index >= 15 is 0 Å². The highest BCUT2D eigenvalue weighted by Crippen LogP contribution is 2.44. The minimum atomic E-state index is -0.884. The molecule has 0 atom stereocenters. The van der Waals surface area contributed by atoms with E-state index in [1.54, 1.807) is 0 Å². The summed E-state index contributed by atoms with van der Waals surface area (Å²) in [5.74, 6) is -0.650. The molecule has 0 saturated heterocycles. The Morgan fingerprint density at radius 1 is 1.50 bits per heavy atom. The molecule has 1 aromatic heterocycles. The molecular formula is C13H12BrF2NO. The van der Waals surface area contributed by atoms with E-state index in [1.807, 2.05) is 0 Å². The molecule has 1 aromatic rings. The smallest absolute Gasteiger partial charge is 0.144 e. The summed E-state index contributed by atoms with van der Waals surface area (Å²) >= 11 is 3.30. The van der Waals surface area contributed by atoms with Gasteiger partial charge in [0.05, 0.1) is 5.57 Å². The quantitative estimate of drug-likeness (QED) is 0.576. The molecule has 0 N–H and O–H groups in total. The van der Waals surface area contributed by atoms with Crippen LogP contribution in [0.4, 0.5) is 8.78 Å². The monoisotopic (exact) mass is 315 g/mol. The lowest BCUT2D eigenvalue weighted by atomic mass is 10.0. The first-order valence-electron chi connectivity index (χ1n) is 5.51. The molecule has 1 fully saturated rings. The maximum absolute atomic E-state index is 13.6. The number of hydrogen-bond donors (Lipinski definition) is 0. The summed E-state index contributed by atoms with van der Waals surface area (Å²) in [5, 5.41) is 4.22. The summed E-state index contributed by atoms with van der Waals surface area (Å²) in [4.78, 5) is 0. The average Bonchev–Trinajstić information content (AvgIpc) is 3.10. The number of aromatic nitrogens is 1. The molecule has 2 rings (SSSR count). The van der Waals surface area contributed by atoms with E-state index in [9.17, 15) is 8.78 Å². The Balaban J connectivity index is 2.55. The summed E-state index contributed by atoms with van der Waals surface area (Å²) < 4.78 is 32.2. The number of hydrogen-bond acceptors (Lipinski definition) is 2. The number of alkyl halides is 1. The lowest BCUT2D eigenvalue weighted by Crippen LogP contribution is -1.94. The van der Waals surface area contributed by atoms with Crippen LogP contribution in [0.1, 0.15) is 35.8 Å². The third-order valence-electron chi connectivity index (χ3n) is 2.83. The van der Waals surface area contributed by atoms with Crippen molar-refractivity contribution in [3.63, 3.8) is 0 Å². The Morgan fingerprint density at radius 2 is 2.17 bits per heavy atom. The standard InChI is InChI=1S/C13H12BrF2NO/c1-3-10(16)11(7(2)15)12-9(6-14)13(18-17-12)8-4-5-8/h3,8H,1-2,4-6H2/b11-10-. The highest BCUT2D eigenvalue weighted by Gasteiger charge is 2.33. The Bertz CT molecular complexity index is 529. The van der Waals surface area contributed by atoms with Gasteiger partial charge in [0.2, 0.25) is 0 Å². The van der Waals surface area contributed by atoms with Crippen molar-refractivity contribution in [2.45, 2.75) is 24.1 Å². The van der Waals surface area contributed by atoms with Crippen molar-refractivity contribution in [3.8, 4) is 0 Å². The van der Waals surface area contributed by atoms with Crippen LogP contribution in [0.15, 0.2) is 35.4 Å². The predicted molar refractivity (Wildman–Crippen MR) is 69.6 cm³/mol. The minimum Gasteiger partial charge on any atom is -0.360 e. The second-order valence-electron chi connectivity index (χ2n) is 4.11. The largest absolute Gasteiger partial charge is 0.360 e. The van der Waals surface area contributed by atoms with E-state index < -0.39 is 11.7 Å². The summed E-state index contributed by atoms with van der Waals surface area (Å²) in [7, 11) is 0. The summed E-state index contributed by atoms with van der Waals surface area (Å²) in [6.07, 6.45) is 2.98. The van der Waals surface area contributed by atoms with Crippen molar-refractivity contribution >= 4 is 21.5 Å². The van der Waals surface area contributed by atoms with Gasteiger partial charge in [-0.3, -0.25) is 0 Å². The zero-order valence-corrected chi connectivity index (χ0v) is 11.3. The molecule has 5 heteroatoms. The van der Waals surface area contributed by atoms with E-state index in [0.29, 0.717) is 22.6 Å². The lowest BCUT2D eigenvalue weighted by Gasteiger charge is -2.03. The van der Waals surface area contributed by atoms with Gasteiger partial charge in [0.1, 0.15) is 23.1 Å². The van der Waals surface area contributed by atoms with Crippen LogP contribution in [0.2, 0.25) is 0 Å². The molecule has 1 aliphatic carbocycles. The SMILES string of the molecule is C=C/C(F)=C(\C(=C)F)c1noc(C2CC2)c1CBr. The lowest BCUT2D eigenvalue weighted by molar-refractivity contribution is 0.381. The number of allylic oxidation sites excluding steroid dienone is 4. The topological polar surface area (TPSA) is 26.0 Å². The highest BCUT2D eigenvalue weighted by atomic mass is 79.9. The number of rotatable bonds is 5. The van der Waals surface area contributed by atoms with Crippen molar-refractivity contribution < 1.29 is 13.3 Å². The molecule has 0 radical (unpaired) electrons. The summed E-state index contributed by atoms with van der Waals surface area (Å²) in [6, 6.07) is 0. The second-order valence-corrected chi connectivity index (χ2v) is 4.67. The Hall–Kier alpha value is -1.23. The maximum atomic E-state index is 13.6. The molecule has 1 saturated carbocycles. The number of nitrogens with zero attached hydrogens (tertiary/aromatic N) is 1. The van der Waals surface area contributed by atoms with Crippen molar-refractivity contribution in [1.82, 2.24) is 5.16 Å². The molecule has 0 aliphatic heterocycles. The molecule has 0 bridgehead atoms. The van der Waals surface area contributed by atoms with Gasteiger partial charge in [-0.15, -0.1) is 0 Å². The van der Waals surface area contributed by atoms with E-state index in [-0.39, 0.29) is 11.3 Å². The summed E-state index contributed by atoms with van der Waals surface area (Å²) in [6.45, 7) is 6.43. The van der Waals surface area contributed by atoms with Gasteiger partial charge in [0.25, 0.3) is 0 Å². The van der Waals surface area contributed by atoms with Crippen LogP contribution in [0.5, 0.6) is 0 Å². The van der Waals surface area contributed by atoms with E-state index in [4.69, 9.17) is 4.52 Å². The van der Waals surface area contributed by atoms with Crippen molar-refractivity contribution in [2.24, 2.45) is 0 Å². The Kier molecular flexibility index (Phi) is 3.80. The highest BCUT2D eigenvalue weighted by molar-refractivity contribution is 9.08. The average molecular weight is 316 g/mol. The van der Waals surface area contributed by atoms with Gasteiger partial charge in [-0.1, -0.05) is 34.2 Å². The molecule has 1 heterocycles. The molecule has 0 spiro atoms. The fourth-order valence-electron chi connectivity index (χ4n) is 1.79. The Labute approximate surface area is 112 Å². The third kappa shape index (κ3) is 2.32. The van der Waals surface area contributed by atoms with Crippen molar-refractivity contribution in [1.29, 1.82) is 0 Å². The number of halogens is 3. The van der Waals surface area contributed by atoms with Gasteiger partial charge in [-0.05, 0) is 18.9 Å². The van der Waals surface area contributed by atoms with Gasteiger partial charge >= 0.3 is 0 Å². The first kappa shape index (κ1) is 13.2. The molecule has 0 amide bonds. The Morgan fingerprint density at radius 3 is 2.61 bits per heavy atom. The molecule has 0 aromatic carbocycles. The molecule has 1 aliphatic rings. The molecule has 2 nitrogen and oxygen atoms in total. The van der Waals surface area contributed by atoms with Gasteiger partial charge in [0, 0.05) is 16.8 Å². The molecule has 96 valence electrons. The van der Waals surface area contributed by atoms with Crippen LogP contribution in [0.25, 0.3) is 5.57 Å². The normalized spacial score (nSPS) is 16.4. The zero-order valence-electron chi connectivity index (χ0n) is 9.68.